The minimum absolute atomic E-state index is 0.117. The zero-order valence-electron chi connectivity index (χ0n) is 13.6. The van der Waals surface area contributed by atoms with Crippen LogP contribution in [0.4, 0.5) is 8.78 Å². The molecule has 1 aromatic carbocycles. The topological polar surface area (TPSA) is 32.3 Å². The zero-order chi connectivity index (χ0) is 16.8. The van der Waals surface area contributed by atoms with Crippen molar-refractivity contribution in [2.45, 2.75) is 44.0 Å². The van der Waals surface area contributed by atoms with Crippen molar-refractivity contribution in [2.24, 2.45) is 0 Å². The van der Waals surface area contributed by atoms with Gasteiger partial charge in [-0.2, -0.15) is 11.8 Å². The predicted molar refractivity (Wildman–Crippen MR) is 90.4 cm³/mol. The number of amides is 1. The van der Waals surface area contributed by atoms with Crippen LogP contribution in [-0.4, -0.2) is 41.4 Å². The summed E-state index contributed by atoms with van der Waals surface area (Å²) in [5.74, 6) is -1.49. The number of thioether (sulfide) groups is 1. The summed E-state index contributed by atoms with van der Waals surface area (Å²) in [7, 11) is 0. The molecular weight excluding hydrogens is 318 g/mol. The van der Waals surface area contributed by atoms with Crippen molar-refractivity contribution >= 4 is 17.7 Å². The lowest BCUT2D eigenvalue weighted by molar-refractivity contribution is -0.122. The van der Waals surface area contributed by atoms with Crippen molar-refractivity contribution in [1.29, 1.82) is 0 Å². The summed E-state index contributed by atoms with van der Waals surface area (Å²) in [6.07, 6.45) is 4.34. The van der Waals surface area contributed by atoms with Crippen LogP contribution in [0.1, 0.15) is 31.7 Å². The van der Waals surface area contributed by atoms with E-state index in [1.807, 2.05) is 6.26 Å². The summed E-state index contributed by atoms with van der Waals surface area (Å²) >= 11 is 1.69. The number of nitrogens with one attached hydrogen (secondary N) is 1. The molecule has 3 nitrogen and oxygen atoms in total. The number of carbonyl (C=O) groups excluding carboxylic acids is 1. The minimum atomic E-state index is -0.811. The highest BCUT2D eigenvalue weighted by Gasteiger charge is 2.21. The maximum atomic E-state index is 13.2. The lowest BCUT2D eigenvalue weighted by Gasteiger charge is -2.32. The van der Waals surface area contributed by atoms with Gasteiger partial charge < -0.3 is 5.32 Å². The van der Waals surface area contributed by atoms with E-state index in [9.17, 15) is 13.6 Å². The Bertz CT molecular complexity index is 533. The molecule has 0 aliphatic carbocycles. The number of hydrogen-bond acceptors (Lipinski definition) is 3. The first-order chi connectivity index (χ1) is 11.0. The largest absolute Gasteiger partial charge is 0.353 e. The monoisotopic (exact) mass is 342 g/mol. The molecular formula is C17H24F2N2OS. The van der Waals surface area contributed by atoms with Gasteiger partial charge in [-0.3, -0.25) is 9.69 Å². The lowest BCUT2D eigenvalue weighted by atomic mass is 10.0. The van der Waals surface area contributed by atoms with Gasteiger partial charge in [0.15, 0.2) is 11.6 Å². The Morgan fingerprint density at radius 2 is 2.04 bits per heavy atom. The number of hydrogen-bond donors (Lipinski definition) is 1. The Hall–Kier alpha value is -1.14. The van der Waals surface area contributed by atoms with Crippen LogP contribution < -0.4 is 5.32 Å². The van der Waals surface area contributed by atoms with Crippen molar-refractivity contribution in [3.05, 3.63) is 35.4 Å². The Morgan fingerprint density at radius 1 is 1.35 bits per heavy atom. The average Bonchev–Trinajstić information content (AvgIpc) is 2.52. The lowest BCUT2D eigenvalue weighted by Crippen LogP contribution is -2.44. The van der Waals surface area contributed by atoms with E-state index >= 15 is 0 Å². The van der Waals surface area contributed by atoms with Crippen LogP contribution in [0.3, 0.4) is 0 Å². The van der Waals surface area contributed by atoms with Gasteiger partial charge in [-0.25, -0.2) is 8.78 Å². The van der Waals surface area contributed by atoms with E-state index in [2.05, 4.69) is 17.1 Å². The third kappa shape index (κ3) is 5.77. The van der Waals surface area contributed by atoms with Gasteiger partial charge in [-0.1, -0.05) is 13.0 Å². The molecule has 1 saturated heterocycles. The molecule has 1 aromatic rings. The van der Waals surface area contributed by atoms with Crippen molar-refractivity contribution < 1.29 is 13.6 Å². The molecule has 1 aliphatic rings. The van der Waals surface area contributed by atoms with Gasteiger partial charge in [0.05, 0.1) is 0 Å². The minimum Gasteiger partial charge on any atom is -0.353 e. The van der Waals surface area contributed by atoms with E-state index in [-0.39, 0.29) is 11.9 Å². The summed E-state index contributed by atoms with van der Waals surface area (Å²) < 4.78 is 26.2. The van der Waals surface area contributed by atoms with Crippen molar-refractivity contribution in [1.82, 2.24) is 10.2 Å². The first kappa shape index (κ1) is 18.2. The molecule has 0 aromatic heterocycles. The predicted octanol–water partition coefficient (Wildman–Crippen LogP) is 3.19. The summed E-state index contributed by atoms with van der Waals surface area (Å²) in [5.41, 5.74) is 0.778. The second-order valence-corrected chi connectivity index (χ2v) is 7.39. The van der Waals surface area contributed by atoms with E-state index in [0.29, 0.717) is 18.2 Å². The fraction of sp³-hybridized carbons (Fsp3) is 0.588. The number of rotatable bonds is 6. The van der Waals surface area contributed by atoms with Gasteiger partial charge in [-0.05, 0) is 36.8 Å². The Kier molecular flexibility index (Phi) is 6.84. The van der Waals surface area contributed by atoms with E-state index in [1.165, 1.54) is 12.1 Å². The quantitative estimate of drug-likeness (QED) is 0.862. The molecule has 128 valence electrons. The Balaban J connectivity index is 1.75. The number of halogens is 2. The van der Waals surface area contributed by atoms with Gasteiger partial charge >= 0.3 is 0 Å². The summed E-state index contributed by atoms with van der Waals surface area (Å²) in [6, 6.07) is 4.27. The van der Waals surface area contributed by atoms with Crippen LogP contribution in [0.25, 0.3) is 0 Å². The molecule has 1 N–H and O–H groups in total. The fourth-order valence-electron chi connectivity index (χ4n) is 2.76. The molecule has 6 heteroatoms. The molecule has 1 atom stereocenters. The second-order valence-electron chi connectivity index (χ2n) is 6.12. The van der Waals surface area contributed by atoms with Crippen LogP contribution in [0, 0.1) is 11.6 Å². The van der Waals surface area contributed by atoms with Crippen LogP contribution in [0.15, 0.2) is 18.2 Å². The van der Waals surface area contributed by atoms with E-state index in [0.717, 1.165) is 31.5 Å². The van der Waals surface area contributed by atoms with Gasteiger partial charge in [0.25, 0.3) is 0 Å². The maximum Gasteiger partial charge on any atom is 0.221 e. The van der Waals surface area contributed by atoms with Crippen molar-refractivity contribution in [2.75, 3.05) is 19.3 Å². The smallest absolute Gasteiger partial charge is 0.221 e. The number of piperidine rings is 1. The van der Waals surface area contributed by atoms with Gasteiger partial charge in [0.2, 0.25) is 5.91 Å². The molecule has 0 saturated carbocycles. The third-order valence-corrected chi connectivity index (χ3v) is 5.19. The SMILES string of the molecule is CS[C@@H](C)CC(=O)NC1CCN(Cc2ccc(F)c(F)c2)CC1. The maximum absolute atomic E-state index is 13.2. The first-order valence-corrected chi connectivity index (χ1v) is 9.25. The first-order valence-electron chi connectivity index (χ1n) is 7.96. The van der Waals surface area contributed by atoms with Crippen molar-refractivity contribution in [3.8, 4) is 0 Å². The second kappa shape index (κ2) is 8.64. The fourth-order valence-corrected chi connectivity index (χ4v) is 3.08. The van der Waals surface area contributed by atoms with E-state index in [4.69, 9.17) is 0 Å². The molecule has 23 heavy (non-hydrogen) atoms. The van der Waals surface area contributed by atoms with E-state index in [1.54, 1.807) is 17.8 Å². The number of benzene rings is 1. The number of likely N-dealkylation sites (tertiary alicyclic amines) is 1. The average molecular weight is 342 g/mol. The van der Waals surface area contributed by atoms with E-state index < -0.39 is 11.6 Å². The van der Waals surface area contributed by atoms with Gasteiger partial charge in [0.1, 0.15) is 0 Å². The molecule has 1 amide bonds. The van der Waals surface area contributed by atoms with Crippen LogP contribution in [0.2, 0.25) is 0 Å². The van der Waals surface area contributed by atoms with Crippen LogP contribution >= 0.6 is 11.8 Å². The molecule has 1 heterocycles. The standard InChI is InChI=1S/C17H24F2N2OS/c1-12(23-2)9-17(22)20-14-5-7-21(8-6-14)11-13-3-4-15(18)16(19)10-13/h3-4,10,12,14H,5-9,11H2,1-2H3,(H,20,22)/t12-/m0/s1. The molecule has 0 bridgehead atoms. The molecule has 1 aliphatic heterocycles. The zero-order valence-corrected chi connectivity index (χ0v) is 14.5. The molecule has 1 fully saturated rings. The normalized spacial score (nSPS) is 17.9. The number of nitrogens with zero attached hydrogens (tertiary/aromatic N) is 1. The number of carbonyl (C=O) groups is 1. The Labute approximate surface area is 140 Å². The van der Waals surface area contributed by atoms with Crippen molar-refractivity contribution in [3.63, 3.8) is 0 Å². The summed E-state index contributed by atoms with van der Waals surface area (Å²) in [4.78, 5) is 14.1. The highest BCUT2D eigenvalue weighted by molar-refractivity contribution is 7.99. The van der Waals surface area contributed by atoms with Crippen LogP contribution in [-0.2, 0) is 11.3 Å². The molecule has 0 unspecified atom stereocenters. The summed E-state index contributed by atoms with van der Waals surface area (Å²) in [5, 5.41) is 3.43. The highest BCUT2D eigenvalue weighted by Crippen LogP contribution is 2.16. The highest BCUT2D eigenvalue weighted by atomic mass is 32.2. The third-order valence-electron chi connectivity index (χ3n) is 4.22. The molecule has 0 radical (unpaired) electrons. The summed E-state index contributed by atoms with van der Waals surface area (Å²) in [6.45, 7) is 4.36. The van der Waals surface area contributed by atoms with Crippen LogP contribution in [0.5, 0.6) is 0 Å². The van der Waals surface area contributed by atoms with Gasteiger partial charge in [-0.15, -0.1) is 0 Å². The van der Waals surface area contributed by atoms with Gasteiger partial charge in [0, 0.05) is 37.3 Å². The molecule has 2 rings (SSSR count). The molecule has 0 spiro atoms. The Morgan fingerprint density at radius 3 is 2.65 bits per heavy atom.